The summed E-state index contributed by atoms with van der Waals surface area (Å²) in [6, 6.07) is 5.63. The predicted molar refractivity (Wildman–Crippen MR) is 86.6 cm³/mol. The van der Waals surface area contributed by atoms with Crippen LogP contribution >= 0.6 is 0 Å². The number of hydrogen-bond donors (Lipinski definition) is 1. The van der Waals surface area contributed by atoms with Crippen LogP contribution in [-0.2, 0) is 17.6 Å². The molecule has 0 aliphatic rings. The Morgan fingerprint density at radius 1 is 1.19 bits per heavy atom. The van der Waals surface area contributed by atoms with Gasteiger partial charge in [0.05, 0.1) is 19.8 Å². The lowest BCUT2D eigenvalue weighted by Crippen LogP contribution is -2.41. The Morgan fingerprint density at radius 3 is 2.48 bits per heavy atom. The Bertz CT molecular complexity index is 617. The van der Waals surface area contributed by atoms with Gasteiger partial charge in [0.2, 0.25) is 0 Å². The highest BCUT2D eigenvalue weighted by Gasteiger charge is 2.36. The lowest BCUT2D eigenvalue weighted by molar-refractivity contribution is 0.259. The van der Waals surface area contributed by atoms with Crippen LogP contribution in [0.15, 0.2) is 18.2 Å². The topological polar surface area (TPSA) is 60.2 Å². The summed E-state index contributed by atoms with van der Waals surface area (Å²) in [6.07, 6.45) is 0. The van der Waals surface area contributed by atoms with Crippen LogP contribution in [0.3, 0.4) is 0 Å². The van der Waals surface area contributed by atoms with Gasteiger partial charge in [0.15, 0.2) is 8.32 Å². The maximum absolute atomic E-state index is 9.14. The molecule has 0 saturated heterocycles. The summed E-state index contributed by atoms with van der Waals surface area (Å²) >= 11 is 0. The van der Waals surface area contributed by atoms with E-state index in [1.807, 2.05) is 18.2 Å². The van der Waals surface area contributed by atoms with Gasteiger partial charge in [0, 0.05) is 0 Å². The molecule has 2 aromatic rings. The zero-order valence-corrected chi connectivity index (χ0v) is 14.6. The van der Waals surface area contributed by atoms with E-state index in [0.717, 1.165) is 16.6 Å². The van der Waals surface area contributed by atoms with Crippen molar-refractivity contribution in [2.24, 2.45) is 0 Å². The molecule has 0 fully saturated rings. The average Bonchev–Trinajstić information content (AvgIpc) is 2.78. The number of hydrogen-bond acceptors (Lipinski definition) is 4. The molecule has 5 nitrogen and oxygen atoms in total. The Morgan fingerprint density at radius 2 is 1.86 bits per heavy atom. The summed E-state index contributed by atoms with van der Waals surface area (Å²) in [4.78, 5) is 1.68. The third kappa shape index (κ3) is 3.69. The molecule has 21 heavy (non-hydrogen) atoms. The van der Waals surface area contributed by atoms with Gasteiger partial charge in [-0.2, -0.15) is 15.0 Å². The molecule has 1 aromatic heterocycles. The fraction of sp³-hybridized carbons (Fsp3) is 0.600. The van der Waals surface area contributed by atoms with E-state index in [2.05, 4.69) is 44.1 Å². The van der Waals surface area contributed by atoms with Crippen molar-refractivity contribution in [3.63, 3.8) is 0 Å². The molecule has 0 unspecified atom stereocenters. The Hall–Kier alpha value is -1.24. The number of aliphatic hydroxyl groups is 1. The van der Waals surface area contributed by atoms with Crippen LogP contribution in [-0.4, -0.2) is 35.0 Å². The third-order valence-corrected chi connectivity index (χ3v) is 8.77. The average molecular weight is 307 g/mol. The second-order valence-electron chi connectivity index (χ2n) is 6.89. The number of rotatable bonds is 5. The first kappa shape index (κ1) is 16.1. The molecule has 1 heterocycles. The fourth-order valence-corrected chi connectivity index (χ4v) is 2.84. The molecular formula is C15H25N3O2Si. The molecule has 6 heteroatoms. The van der Waals surface area contributed by atoms with E-state index in [1.54, 1.807) is 4.80 Å². The Labute approximate surface area is 127 Å². The number of nitrogens with zero attached hydrogens (tertiary/aromatic N) is 3. The van der Waals surface area contributed by atoms with Gasteiger partial charge in [-0.25, -0.2) is 0 Å². The first-order valence-corrected chi connectivity index (χ1v) is 10.2. The van der Waals surface area contributed by atoms with Gasteiger partial charge in [-0.05, 0) is 35.8 Å². The number of aliphatic hydroxyl groups excluding tert-OH is 1. The Kier molecular flexibility index (Phi) is 4.51. The first-order chi connectivity index (χ1) is 9.73. The maximum Gasteiger partial charge on any atom is 0.192 e. The molecule has 0 aliphatic heterocycles. The van der Waals surface area contributed by atoms with Crippen LogP contribution in [0, 0.1) is 0 Å². The number of aromatic nitrogens is 3. The van der Waals surface area contributed by atoms with E-state index in [9.17, 15) is 0 Å². The second-order valence-corrected chi connectivity index (χ2v) is 11.7. The summed E-state index contributed by atoms with van der Waals surface area (Å²) in [5, 5.41) is 18.2. The molecule has 1 N–H and O–H groups in total. The molecule has 2 rings (SSSR count). The highest BCUT2D eigenvalue weighted by molar-refractivity contribution is 6.74. The van der Waals surface area contributed by atoms with Crippen molar-refractivity contribution in [3.05, 3.63) is 23.8 Å². The number of benzene rings is 1. The van der Waals surface area contributed by atoms with Crippen LogP contribution in [0.5, 0.6) is 0 Å². The molecule has 0 aliphatic carbocycles. The van der Waals surface area contributed by atoms with Crippen LogP contribution in [0.1, 0.15) is 26.3 Å². The van der Waals surface area contributed by atoms with Crippen molar-refractivity contribution in [3.8, 4) is 0 Å². The van der Waals surface area contributed by atoms with Gasteiger partial charge in [0.25, 0.3) is 0 Å². The van der Waals surface area contributed by atoms with Gasteiger partial charge >= 0.3 is 0 Å². The molecule has 1 aromatic carbocycles. The SMILES string of the molecule is CC(C)(C)[Si](C)(C)OCCn1nc2ccc(CO)cc2n1. The normalized spacial score (nSPS) is 13.0. The molecular weight excluding hydrogens is 282 g/mol. The number of fused-ring (bicyclic) bond motifs is 1. The highest BCUT2D eigenvalue weighted by atomic mass is 28.4. The van der Waals surface area contributed by atoms with Gasteiger partial charge in [-0.15, -0.1) is 0 Å². The molecule has 0 radical (unpaired) electrons. The van der Waals surface area contributed by atoms with Crippen molar-refractivity contribution < 1.29 is 9.53 Å². The third-order valence-electron chi connectivity index (χ3n) is 4.23. The minimum absolute atomic E-state index is 0.0251. The Balaban J connectivity index is 2.01. The van der Waals surface area contributed by atoms with Gasteiger partial charge in [0.1, 0.15) is 11.0 Å². The van der Waals surface area contributed by atoms with Crippen LogP contribution in [0.4, 0.5) is 0 Å². The van der Waals surface area contributed by atoms with E-state index >= 15 is 0 Å². The van der Waals surface area contributed by atoms with Gasteiger partial charge < -0.3 is 9.53 Å². The van der Waals surface area contributed by atoms with E-state index < -0.39 is 8.32 Å². The van der Waals surface area contributed by atoms with Crippen molar-refractivity contribution in [1.29, 1.82) is 0 Å². The molecule has 0 amide bonds. The minimum Gasteiger partial charge on any atom is -0.415 e. The summed E-state index contributed by atoms with van der Waals surface area (Å²) in [7, 11) is -1.71. The molecule has 0 atom stereocenters. The lowest BCUT2D eigenvalue weighted by atomic mass is 10.2. The van der Waals surface area contributed by atoms with Crippen LogP contribution < -0.4 is 0 Å². The molecule has 0 bridgehead atoms. The van der Waals surface area contributed by atoms with Gasteiger partial charge in [-0.1, -0.05) is 26.8 Å². The zero-order valence-electron chi connectivity index (χ0n) is 13.6. The van der Waals surface area contributed by atoms with Crippen molar-refractivity contribution >= 4 is 19.4 Å². The molecule has 116 valence electrons. The summed E-state index contributed by atoms with van der Waals surface area (Å²) in [6.45, 7) is 12.5. The second kappa shape index (κ2) is 5.86. The van der Waals surface area contributed by atoms with Crippen molar-refractivity contribution in [2.75, 3.05) is 6.61 Å². The van der Waals surface area contributed by atoms with E-state index in [1.165, 1.54) is 0 Å². The van der Waals surface area contributed by atoms with E-state index in [4.69, 9.17) is 9.53 Å². The fourth-order valence-electron chi connectivity index (χ4n) is 1.80. The minimum atomic E-state index is -1.71. The van der Waals surface area contributed by atoms with Crippen LogP contribution in [0.2, 0.25) is 18.1 Å². The standard InChI is InChI=1S/C15H25N3O2Si/c1-15(2,3)21(4,5)20-9-8-18-16-13-7-6-12(11-19)10-14(13)17-18/h6-7,10,19H,8-9,11H2,1-5H3. The molecule has 0 spiro atoms. The molecule has 0 saturated carbocycles. The monoisotopic (exact) mass is 307 g/mol. The van der Waals surface area contributed by atoms with Crippen molar-refractivity contribution in [1.82, 2.24) is 15.0 Å². The largest absolute Gasteiger partial charge is 0.415 e. The first-order valence-electron chi connectivity index (χ1n) is 7.31. The highest BCUT2D eigenvalue weighted by Crippen LogP contribution is 2.36. The smallest absolute Gasteiger partial charge is 0.192 e. The quantitative estimate of drug-likeness (QED) is 0.863. The zero-order chi connectivity index (χ0) is 15.7. The van der Waals surface area contributed by atoms with E-state index in [-0.39, 0.29) is 11.6 Å². The lowest BCUT2D eigenvalue weighted by Gasteiger charge is -2.36. The van der Waals surface area contributed by atoms with Crippen LogP contribution in [0.25, 0.3) is 11.0 Å². The maximum atomic E-state index is 9.14. The summed E-state index contributed by atoms with van der Waals surface area (Å²) < 4.78 is 6.14. The van der Waals surface area contributed by atoms with Crippen molar-refractivity contribution in [2.45, 2.75) is 52.1 Å². The summed E-state index contributed by atoms with van der Waals surface area (Å²) in [5.74, 6) is 0. The predicted octanol–water partition coefficient (Wildman–Crippen LogP) is 2.95. The summed E-state index contributed by atoms with van der Waals surface area (Å²) in [5.41, 5.74) is 2.51. The van der Waals surface area contributed by atoms with Gasteiger partial charge in [-0.3, -0.25) is 0 Å². The van der Waals surface area contributed by atoms with E-state index in [0.29, 0.717) is 13.2 Å².